The van der Waals surface area contributed by atoms with E-state index in [1.807, 2.05) is 6.07 Å². The van der Waals surface area contributed by atoms with Gasteiger partial charge in [-0.1, -0.05) is 37.6 Å². The van der Waals surface area contributed by atoms with E-state index in [-0.39, 0.29) is 17.3 Å². The first-order valence-electron chi connectivity index (χ1n) is 14.5. The molecule has 1 amide bonds. The van der Waals surface area contributed by atoms with E-state index in [9.17, 15) is 26.4 Å². The fraction of sp³-hybridized carbons (Fsp3) is 0.467. The van der Waals surface area contributed by atoms with Crippen molar-refractivity contribution in [1.82, 2.24) is 9.88 Å². The van der Waals surface area contributed by atoms with Crippen molar-refractivity contribution < 1.29 is 30.3 Å². The van der Waals surface area contributed by atoms with Crippen molar-refractivity contribution in [2.45, 2.75) is 49.7 Å². The highest BCUT2D eigenvalue weighted by molar-refractivity contribution is 7.88. The molecule has 2 aromatic heterocycles. The van der Waals surface area contributed by atoms with Crippen LogP contribution in [0.4, 0.5) is 19.0 Å². The number of thiophene rings is 1. The molecule has 3 aromatic rings. The zero-order valence-corrected chi connectivity index (χ0v) is 26.9. The summed E-state index contributed by atoms with van der Waals surface area (Å²) in [5.74, 6) is 0.423. The molecule has 1 unspecified atom stereocenters. The normalized spacial score (nSPS) is 21.7. The summed E-state index contributed by atoms with van der Waals surface area (Å²) in [6.07, 6.45) is -3.69. The van der Waals surface area contributed by atoms with Gasteiger partial charge in [-0.2, -0.15) is 25.5 Å². The van der Waals surface area contributed by atoms with Gasteiger partial charge in [0.05, 0.1) is 22.1 Å². The van der Waals surface area contributed by atoms with Gasteiger partial charge in [0.1, 0.15) is 12.4 Å². The molecule has 1 aromatic carbocycles. The van der Waals surface area contributed by atoms with Crippen LogP contribution in [0.15, 0.2) is 52.7 Å². The molecule has 238 valence electrons. The van der Waals surface area contributed by atoms with E-state index in [4.69, 9.17) is 22.3 Å². The summed E-state index contributed by atoms with van der Waals surface area (Å²) < 4.78 is 68.2. The van der Waals surface area contributed by atoms with Crippen molar-refractivity contribution in [3.05, 3.63) is 64.0 Å². The van der Waals surface area contributed by atoms with Crippen LogP contribution in [0.2, 0.25) is 4.34 Å². The highest BCUT2D eigenvalue weighted by atomic mass is 35.5. The maximum Gasteiger partial charge on any atom is 0.416 e. The van der Waals surface area contributed by atoms with Gasteiger partial charge in [-0.05, 0) is 42.3 Å². The largest absolute Gasteiger partial charge is 0.416 e. The first kappa shape index (κ1) is 32.7. The molecule has 0 radical (unpaired) electrons. The number of hydrogen-bond donors (Lipinski definition) is 1. The van der Waals surface area contributed by atoms with Gasteiger partial charge >= 0.3 is 16.2 Å². The van der Waals surface area contributed by atoms with Crippen LogP contribution in [0.5, 0.6) is 0 Å². The van der Waals surface area contributed by atoms with Crippen LogP contribution in [0.25, 0.3) is 11.3 Å². The number of amides is 1. The van der Waals surface area contributed by atoms with Gasteiger partial charge in [0.25, 0.3) is 5.91 Å². The molecule has 0 bridgehead atoms. The topological polar surface area (TPSA) is 96.6 Å². The number of carbonyl (C=O) groups excluding carboxylic acids is 1. The number of halogens is 4. The van der Waals surface area contributed by atoms with Crippen LogP contribution in [-0.2, 0) is 27.5 Å². The molecule has 0 saturated carbocycles. The molecule has 8 nitrogen and oxygen atoms in total. The number of rotatable bonds is 9. The highest BCUT2D eigenvalue weighted by Gasteiger charge is 2.55. The van der Waals surface area contributed by atoms with Crippen molar-refractivity contribution in [2.24, 2.45) is 11.7 Å². The third-order valence-electron chi connectivity index (χ3n) is 8.34. The van der Waals surface area contributed by atoms with Gasteiger partial charge in [-0.15, -0.1) is 11.3 Å². The van der Waals surface area contributed by atoms with Gasteiger partial charge in [0, 0.05) is 56.7 Å². The Kier molecular flexibility index (Phi) is 9.35. The minimum atomic E-state index is -4.48. The van der Waals surface area contributed by atoms with Crippen molar-refractivity contribution in [2.75, 3.05) is 44.2 Å². The van der Waals surface area contributed by atoms with Crippen LogP contribution in [0, 0.1) is 5.92 Å². The summed E-state index contributed by atoms with van der Waals surface area (Å²) in [7, 11) is -4.12. The number of pyridine rings is 1. The van der Waals surface area contributed by atoms with E-state index in [1.165, 1.54) is 24.3 Å². The lowest BCUT2D eigenvalue weighted by Crippen LogP contribution is -2.59. The molecule has 2 N–H and O–H groups in total. The average molecular weight is 671 g/mol. The molecule has 2 saturated heterocycles. The predicted octanol–water partition coefficient (Wildman–Crippen LogP) is 5.61. The van der Waals surface area contributed by atoms with Crippen LogP contribution in [0.3, 0.4) is 0 Å². The summed E-state index contributed by atoms with van der Waals surface area (Å²) in [6, 6.07) is 10.3. The van der Waals surface area contributed by atoms with E-state index < -0.39 is 37.6 Å². The Hall–Kier alpha value is -2.71. The fourth-order valence-electron chi connectivity index (χ4n) is 6.28. The lowest BCUT2D eigenvalue weighted by molar-refractivity contribution is -0.823. The molecular formula is C30H36ClF3N5O3S2+. The standard InChI is InChI=1S/C30H35ClF3N5O3S2/c1-20(2)18-37-11-13-38(14-12-37)27-17-21(16-24(36-27)22-5-7-23(8-6-22)30(32,33)34)19-39(15-3-4-25(39)29(35)40)44(41,42)28-10-9-26(31)43-28/h5-10,16-17,20,25H,3-4,11-15,18-19H2,1-2H3,(H-,35,40)/p+1/t25-,39?/m0/s1. The zero-order valence-electron chi connectivity index (χ0n) is 24.6. The van der Waals surface area contributed by atoms with Crippen molar-refractivity contribution in [1.29, 1.82) is 0 Å². The molecule has 44 heavy (non-hydrogen) atoms. The molecule has 2 atom stereocenters. The quantitative estimate of drug-likeness (QED) is 0.297. The fourth-order valence-corrected chi connectivity index (χ4v) is 10.2. The minimum Gasteiger partial charge on any atom is -0.364 e. The highest BCUT2D eigenvalue weighted by Crippen LogP contribution is 2.41. The number of alkyl halides is 3. The Morgan fingerprint density at radius 3 is 2.36 bits per heavy atom. The van der Waals surface area contributed by atoms with Gasteiger partial charge in [-0.3, -0.25) is 9.69 Å². The number of benzene rings is 1. The first-order chi connectivity index (χ1) is 20.7. The lowest BCUT2D eigenvalue weighted by atomic mass is 10.1. The number of sulfonamides is 1. The second-order valence-corrected chi connectivity index (χ2v) is 16.0. The SMILES string of the molecule is CC(C)CN1CCN(c2cc(C[N+]3(S(=O)(=O)c4ccc(Cl)s4)CCC[C@H]3C(N)=O)cc(-c3ccc(C(F)(F)F)cc3)n2)CC1. The molecule has 0 aliphatic carbocycles. The molecule has 0 spiro atoms. The number of likely N-dealkylation sites (tertiary alicyclic amines) is 1. The van der Waals surface area contributed by atoms with Gasteiger partial charge in [0.15, 0.2) is 10.3 Å². The first-order valence-corrected chi connectivity index (χ1v) is 17.2. The Morgan fingerprint density at radius 2 is 1.80 bits per heavy atom. The third-order valence-corrected chi connectivity index (χ3v) is 12.4. The number of hydrogen-bond acceptors (Lipinski definition) is 7. The van der Waals surface area contributed by atoms with Crippen molar-refractivity contribution >= 4 is 44.7 Å². The third kappa shape index (κ3) is 6.62. The zero-order chi connectivity index (χ0) is 31.9. The minimum absolute atomic E-state index is 0.0502. The lowest BCUT2D eigenvalue weighted by Gasteiger charge is -2.38. The maximum atomic E-state index is 14.3. The molecule has 5 rings (SSSR count). The number of piperazine rings is 1. The van der Waals surface area contributed by atoms with E-state index in [2.05, 4.69) is 23.6 Å². The van der Waals surface area contributed by atoms with Gasteiger partial charge in [-0.25, -0.2) is 4.98 Å². The van der Waals surface area contributed by atoms with E-state index in [0.29, 0.717) is 58.8 Å². The van der Waals surface area contributed by atoms with Crippen LogP contribution in [0.1, 0.15) is 37.8 Å². The molecular weight excluding hydrogens is 635 g/mol. The number of nitrogens with two attached hydrogens (primary N) is 1. The Balaban J connectivity index is 1.58. The predicted molar refractivity (Wildman–Crippen MR) is 166 cm³/mol. The summed E-state index contributed by atoms with van der Waals surface area (Å²) in [5.41, 5.74) is 6.51. The Morgan fingerprint density at radius 1 is 1.11 bits per heavy atom. The Labute approximate surface area is 264 Å². The van der Waals surface area contributed by atoms with Crippen LogP contribution in [-0.4, -0.2) is 73.4 Å². The molecule has 2 aliphatic heterocycles. The summed E-state index contributed by atoms with van der Waals surface area (Å²) in [4.78, 5) is 22.0. The maximum absolute atomic E-state index is 14.3. The monoisotopic (exact) mass is 670 g/mol. The second kappa shape index (κ2) is 12.6. The number of quaternary nitrogens is 1. The van der Waals surface area contributed by atoms with E-state index in [1.54, 1.807) is 6.07 Å². The van der Waals surface area contributed by atoms with Gasteiger partial charge in [0.2, 0.25) is 0 Å². The molecule has 2 fully saturated rings. The van der Waals surface area contributed by atoms with Crippen LogP contribution < -0.4 is 10.6 Å². The molecule has 4 heterocycles. The van der Waals surface area contributed by atoms with Crippen molar-refractivity contribution in [3.63, 3.8) is 0 Å². The number of carbonyl (C=O) groups is 1. The number of anilines is 1. The summed E-state index contributed by atoms with van der Waals surface area (Å²) in [6.45, 7) is 8.42. The average Bonchev–Trinajstić information content (AvgIpc) is 3.60. The number of primary amides is 1. The van der Waals surface area contributed by atoms with Gasteiger partial charge < -0.3 is 10.6 Å². The van der Waals surface area contributed by atoms with Crippen molar-refractivity contribution in [3.8, 4) is 11.3 Å². The second-order valence-electron chi connectivity index (χ2n) is 11.9. The molecule has 14 heteroatoms. The molecule has 2 aliphatic rings. The summed E-state index contributed by atoms with van der Waals surface area (Å²) in [5, 5.41) is 0. The van der Waals surface area contributed by atoms with E-state index in [0.717, 1.165) is 43.1 Å². The van der Waals surface area contributed by atoms with Crippen LogP contribution >= 0.6 is 22.9 Å². The van der Waals surface area contributed by atoms with E-state index >= 15 is 0 Å². The number of nitrogens with zero attached hydrogens (tertiary/aromatic N) is 4. The Bertz CT molecular complexity index is 1610. The smallest absolute Gasteiger partial charge is 0.364 e. The summed E-state index contributed by atoms with van der Waals surface area (Å²) >= 11 is 7.05. The number of aromatic nitrogens is 1.